The van der Waals surface area contributed by atoms with Gasteiger partial charge in [-0.05, 0) is 70.1 Å². The van der Waals surface area contributed by atoms with Gasteiger partial charge in [0.25, 0.3) is 5.91 Å². The summed E-state index contributed by atoms with van der Waals surface area (Å²) in [6.45, 7) is 3.42. The van der Waals surface area contributed by atoms with Crippen molar-refractivity contribution in [3.8, 4) is 11.5 Å². The van der Waals surface area contributed by atoms with Crippen LogP contribution in [0.3, 0.4) is 0 Å². The van der Waals surface area contributed by atoms with E-state index in [0.29, 0.717) is 21.7 Å². The van der Waals surface area contributed by atoms with Crippen LogP contribution < -0.4 is 9.47 Å². The third kappa shape index (κ3) is 7.54. The lowest BCUT2D eigenvalue weighted by atomic mass is 10.0. The van der Waals surface area contributed by atoms with Gasteiger partial charge in [0.2, 0.25) is 0 Å². The molecule has 0 spiro atoms. The summed E-state index contributed by atoms with van der Waals surface area (Å²) in [6, 6.07) is 8.12. The number of hydrogen-bond acceptors (Lipinski definition) is 7. The van der Waals surface area contributed by atoms with E-state index in [1.807, 2.05) is 0 Å². The first-order valence-corrected chi connectivity index (χ1v) is 14.8. The van der Waals surface area contributed by atoms with Crippen molar-refractivity contribution in [2.75, 3.05) is 33.3 Å². The molecule has 0 atom stereocenters. The zero-order valence-corrected chi connectivity index (χ0v) is 24.3. The Morgan fingerprint density at radius 2 is 1.72 bits per heavy atom. The van der Waals surface area contributed by atoms with Gasteiger partial charge in [-0.3, -0.25) is 9.69 Å². The molecule has 0 N–H and O–H groups in total. The standard InChI is InChI=1S/C29H25F6N3O3S2/c1-40-24-12-18(2-5-23(24)41-16-20-3-4-21(28(30,31)32)14-22(20)29(33,34)35)13-25-26(39)36-27(43-25)38-9-7-37(8-10-38)15-19-6-11-42-17-19/h2-6,11-14,17H,7-10,15-16H2,1H3. The van der Waals surface area contributed by atoms with Gasteiger partial charge in [0.15, 0.2) is 16.7 Å². The summed E-state index contributed by atoms with van der Waals surface area (Å²) >= 11 is 2.94. The Hall–Kier alpha value is -3.49. The Labute approximate surface area is 251 Å². The fourth-order valence-corrected chi connectivity index (χ4v) is 6.24. The molecule has 3 heterocycles. The summed E-state index contributed by atoms with van der Waals surface area (Å²) in [5, 5.41) is 4.83. The molecule has 14 heteroatoms. The number of aliphatic imine (C=N–C) groups is 1. The topological polar surface area (TPSA) is 54.4 Å². The first-order chi connectivity index (χ1) is 20.4. The Morgan fingerprint density at radius 1 is 0.953 bits per heavy atom. The lowest BCUT2D eigenvalue weighted by Crippen LogP contribution is -2.47. The van der Waals surface area contributed by atoms with Gasteiger partial charge in [-0.1, -0.05) is 12.1 Å². The number of ether oxygens (including phenoxy) is 2. The van der Waals surface area contributed by atoms with Crippen LogP contribution in [0.25, 0.3) is 6.08 Å². The van der Waals surface area contributed by atoms with E-state index in [0.717, 1.165) is 38.8 Å². The average Bonchev–Trinajstić information content (AvgIpc) is 3.61. The molecule has 6 nitrogen and oxygen atoms in total. The van der Waals surface area contributed by atoms with E-state index >= 15 is 0 Å². The lowest BCUT2D eigenvalue weighted by Gasteiger charge is -2.35. The molecule has 5 rings (SSSR count). The van der Waals surface area contributed by atoms with Crippen LogP contribution >= 0.6 is 23.1 Å². The molecule has 3 aromatic rings. The number of thioether (sulfide) groups is 1. The van der Waals surface area contributed by atoms with E-state index < -0.39 is 35.6 Å². The minimum Gasteiger partial charge on any atom is -0.493 e. The molecule has 1 aromatic heterocycles. The van der Waals surface area contributed by atoms with E-state index in [1.165, 1.54) is 30.5 Å². The Balaban J connectivity index is 1.23. The molecular weight excluding hydrogens is 616 g/mol. The monoisotopic (exact) mass is 641 g/mol. The van der Waals surface area contributed by atoms with Gasteiger partial charge in [0.1, 0.15) is 6.61 Å². The maximum absolute atomic E-state index is 13.5. The predicted octanol–water partition coefficient (Wildman–Crippen LogP) is 7.16. The second-order valence-corrected chi connectivity index (χ2v) is 11.6. The summed E-state index contributed by atoms with van der Waals surface area (Å²) in [6.07, 6.45) is -8.29. The summed E-state index contributed by atoms with van der Waals surface area (Å²) in [7, 11) is 1.34. The van der Waals surface area contributed by atoms with E-state index in [-0.39, 0.29) is 23.5 Å². The van der Waals surface area contributed by atoms with Crippen LogP contribution in [-0.4, -0.2) is 54.2 Å². The second kappa shape index (κ2) is 12.6. The molecule has 0 bridgehead atoms. The average molecular weight is 642 g/mol. The molecule has 228 valence electrons. The van der Waals surface area contributed by atoms with Crippen molar-refractivity contribution in [2.45, 2.75) is 25.5 Å². The second-order valence-electron chi connectivity index (χ2n) is 9.77. The number of alkyl halides is 6. The van der Waals surface area contributed by atoms with Gasteiger partial charge in [0.05, 0.1) is 23.1 Å². The lowest BCUT2D eigenvalue weighted by molar-refractivity contribution is -0.143. The zero-order chi connectivity index (χ0) is 30.8. The summed E-state index contributed by atoms with van der Waals surface area (Å²) in [4.78, 5) is 21.7. The summed E-state index contributed by atoms with van der Waals surface area (Å²) in [5.41, 5.74) is -1.44. The Kier molecular flexibility index (Phi) is 9.09. The molecular formula is C29H25F6N3O3S2. The highest BCUT2D eigenvalue weighted by molar-refractivity contribution is 8.18. The van der Waals surface area contributed by atoms with Crippen LogP contribution in [0.2, 0.25) is 0 Å². The molecule has 0 aliphatic carbocycles. The number of piperazine rings is 1. The number of methoxy groups -OCH3 is 1. The van der Waals surface area contributed by atoms with Crippen LogP contribution in [0.5, 0.6) is 11.5 Å². The van der Waals surface area contributed by atoms with Gasteiger partial charge in [-0.25, -0.2) is 0 Å². The van der Waals surface area contributed by atoms with E-state index in [2.05, 4.69) is 31.6 Å². The quantitative estimate of drug-likeness (QED) is 0.202. The number of benzene rings is 2. The highest BCUT2D eigenvalue weighted by atomic mass is 32.2. The van der Waals surface area contributed by atoms with Crippen LogP contribution in [-0.2, 0) is 30.3 Å². The molecule has 0 saturated carbocycles. The smallest absolute Gasteiger partial charge is 0.416 e. The van der Waals surface area contributed by atoms with Crippen LogP contribution in [0.4, 0.5) is 26.3 Å². The number of thiophene rings is 1. The molecule has 2 aromatic carbocycles. The van der Waals surface area contributed by atoms with E-state index in [9.17, 15) is 31.1 Å². The number of nitrogens with zero attached hydrogens (tertiary/aromatic N) is 3. The number of carbonyl (C=O) groups is 1. The fraction of sp³-hybridized carbons (Fsp3) is 0.310. The fourth-order valence-electron chi connectivity index (χ4n) is 4.61. The number of amidine groups is 1. The Morgan fingerprint density at radius 3 is 2.37 bits per heavy atom. The highest BCUT2D eigenvalue weighted by Crippen LogP contribution is 2.39. The predicted molar refractivity (Wildman–Crippen MR) is 153 cm³/mol. The minimum atomic E-state index is -5.01. The largest absolute Gasteiger partial charge is 0.493 e. The van der Waals surface area contributed by atoms with Gasteiger partial charge in [0, 0.05) is 38.3 Å². The van der Waals surface area contributed by atoms with Crippen LogP contribution in [0.15, 0.2) is 63.1 Å². The van der Waals surface area contributed by atoms with Gasteiger partial charge >= 0.3 is 12.4 Å². The van der Waals surface area contributed by atoms with E-state index in [1.54, 1.807) is 29.5 Å². The van der Waals surface area contributed by atoms with Crippen molar-refractivity contribution in [1.29, 1.82) is 0 Å². The summed E-state index contributed by atoms with van der Waals surface area (Å²) < 4.78 is 90.3. The molecule has 2 aliphatic rings. The molecule has 1 saturated heterocycles. The highest BCUT2D eigenvalue weighted by Gasteiger charge is 2.38. The molecule has 1 fully saturated rings. The van der Waals surface area contributed by atoms with Crippen molar-refractivity contribution < 1.29 is 40.6 Å². The summed E-state index contributed by atoms with van der Waals surface area (Å²) in [5.74, 6) is -0.115. The van der Waals surface area contributed by atoms with E-state index in [4.69, 9.17) is 9.47 Å². The zero-order valence-electron chi connectivity index (χ0n) is 22.7. The first kappa shape index (κ1) is 31.0. The van der Waals surface area contributed by atoms with Crippen molar-refractivity contribution in [3.63, 3.8) is 0 Å². The van der Waals surface area contributed by atoms with Crippen molar-refractivity contribution in [1.82, 2.24) is 9.80 Å². The third-order valence-electron chi connectivity index (χ3n) is 6.85. The van der Waals surface area contributed by atoms with Crippen LogP contribution in [0.1, 0.15) is 27.8 Å². The Bertz CT molecular complexity index is 1530. The maximum atomic E-state index is 13.5. The normalized spacial score (nSPS) is 17.5. The molecule has 0 unspecified atom stereocenters. The molecule has 2 aliphatic heterocycles. The van der Waals surface area contributed by atoms with Crippen molar-refractivity contribution in [3.05, 3.63) is 85.9 Å². The van der Waals surface area contributed by atoms with Crippen molar-refractivity contribution >= 4 is 40.2 Å². The van der Waals surface area contributed by atoms with Gasteiger partial charge in [-0.2, -0.15) is 42.7 Å². The number of rotatable bonds is 7. The number of carbonyl (C=O) groups excluding carboxylic acids is 1. The first-order valence-electron chi connectivity index (χ1n) is 13.0. The number of hydrogen-bond donors (Lipinski definition) is 0. The van der Waals surface area contributed by atoms with Gasteiger partial charge < -0.3 is 14.4 Å². The number of halogens is 6. The maximum Gasteiger partial charge on any atom is 0.416 e. The van der Waals surface area contributed by atoms with Crippen molar-refractivity contribution in [2.24, 2.45) is 4.99 Å². The van der Waals surface area contributed by atoms with Gasteiger partial charge in [-0.15, -0.1) is 0 Å². The molecule has 1 amide bonds. The number of amides is 1. The SMILES string of the molecule is COc1cc(C=C2SC(N3CCN(Cc4ccsc4)CC3)=NC2=O)ccc1OCc1ccc(C(F)(F)F)cc1C(F)(F)F. The molecule has 0 radical (unpaired) electrons. The molecule has 43 heavy (non-hydrogen) atoms. The van der Waals surface area contributed by atoms with Crippen LogP contribution in [0, 0.1) is 0 Å². The third-order valence-corrected chi connectivity index (χ3v) is 8.63. The minimum absolute atomic E-state index is 0.0723.